The molecule has 0 aliphatic rings. The number of thiazole rings is 1. The topological polar surface area (TPSA) is 53.6 Å². The van der Waals surface area contributed by atoms with Crippen LogP contribution >= 0.6 is 27.3 Å². The SMILES string of the molecule is CCn1c2ccccc2c2cc(N/C=C(\C#N)c3nc(-c4ccc(Br)cc4)cs3)ccc21. The van der Waals surface area contributed by atoms with Crippen molar-refractivity contribution in [2.24, 2.45) is 0 Å². The molecule has 0 fully saturated rings. The van der Waals surface area contributed by atoms with E-state index in [1.54, 1.807) is 6.20 Å². The number of nitrogens with zero attached hydrogens (tertiary/aromatic N) is 3. The van der Waals surface area contributed by atoms with Gasteiger partial charge in [-0.3, -0.25) is 0 Å². The number of aryl methyl sites for hydroxylation is 1. The number of allylic oxidation sites excluding steroid dienone is 1. The van der Waals surface area contributed by atoms with Crippen LogP contribution in [-0.4, -0.2) is 9.55 Å². The monoisotopic (exact) mass is 498 g/mol. The molecule has 2 aromatic heterocycles. The van der Waals surface area contributed by atoms with E-state index in [9.17, 15) is 5.26 Å². The Morgan fingerprint density at radius 2 is 1.88 bits per heavy atom. The van der Waals surface area contributed by atoms with Crippen molar-refractivity contribution < 1.29 is 0 Å². The summed E-state index contributed by atoms with van der Waals surface area (Å²) in [5, 5.41) is 18.1. The molecule has 4 nitrogen and oxygen atoms in total. The Kier molecular flexibility index (Phi) is 5.52. The van der Waals surface area contributed by atoms with Gasteiger partial charge in [0.2, 0.25) is 0 Å². The third-order valence-electron chi connectivity index (χ3n) is 5.47. The molecular weight excluding hydrogens is 480 g/mol. The normalized spacial score (nSPS) is 11.7. The van der Waals surface area contributed by atoms with Crippen LogP contribution in [-0.2, 0) is 6.54 Å². The zero-order valence-electron chi connectivity index (χ0n) is 17.3. The highest BCUT2D eigenvalue weighted by molar-refractivity contribution is 9.10. The number of rotatable bonds is 5. The summed E-state index contributed by atoms with van der Waals surface area (Å²) in [5.74, 6) is 0. The molecule has 156 valence electrons. The van der Waals surface area contributed by atoms with E-state index in [0.717, 1.165) is 28.0 Å². The molecule has 0 saturated heterocycles. The fourth-order valence-electron chi connectivity index (χ4n) is 3.93. The van der Waals surface area contributed by atoms with Crippen LogP contribution in [0.1, 0.15) is 11.9 Å². The summed E-state index contributed by atoms with van der Waals surface area (Å²) < 4.78 is 3.35. The first kappa shape index (κ1) is 20.5. The Balaban J connectivity index is 1.46. The molecule has 0 saturated carbocycles. The Hall–Kier alpha value is -3.40. The Bertz CT molecular complexity index is 1500. The Morgan fingerprint density at radius 3 is 2.66 bits per heavy atom. The molecule has 3 aromatic carbocycles. The van der Waals surface area contributed by atoms with Crippen molar-refractivity contribution in [3.63, 3.8) is 0 Å². The predicted molar refractivity (Wildman–Crippen MR) is 138 cm³/mol. The van der Waals surface area contributed by atoms with Crippen LogP contribution in [0.25, 0.3) is 38.6 Å². The van der Waals surface area contributed by atoms with Gasteiger partial charge < -0.3 is 9.88 Å². The lowest BCUT2D eigenvalue weighted by Crippen LogP contribution is -1.94. The van der Waals surface area contributed by atoms with E-state index in [0.29, 0.717) is 10.6 Å². The van der Waals surface area contributed by atoms with Gasteiger partial charge in [-0.1, -0.05) is 46.3 Å². The van der Waals surface area contributed by atoms with Crippen LogP contribution in [0.2, 0.25) is 0 Å². The maximum atomic E-state index is 9.72. The molecule has 0 aliphatic carbocycles. The summed E-state index contributed by atoms with van der Waals surface area (Å²) in [5.41, 5.74) is 5.79. The molecule has 0 atom stereocenters. The zero-order valence-corrected chi connectivity index (χ0v) is 19.7. The summed E-state index contributed by atoms with van der Waals surface area (Å²) in [4.78, 5) is 4.67. The van der Waals surface area contributed by atoms with E-state index in [1.165, 1.54) is 33.1 Å². The lowest BCUT2D eigenvalue weighted by molar-refractivity contribution is 0.827. The second-order valence-corrected chi connectivity index (χ2v) is 9.13. The highest BCUT2D eigenvalue weighted by atomic mass is 79.9. The molecule has 0 unspecified atom stereocenters. The minimum absolute atomic E-state index is 0.509. The molecule has 2 heterocycles. The predicted octanol–water partition coefficient (Wildman–Crippen LogP) is 7.68. The van der Waals surface area contributed by atoms with Crippen LogP contribution in [0.15, 0.2) is 82.8 Å². The molecular formula is C26H19BrN4S. The van der Waals surface area contributed by atoms with E-state index >= 15 is 0 Å². The number of hydrogen-bond donors (Lipinski definition) is 1. The summed E-state index contributed by atoms with van der Waals surface area (Å²) in [6.45, 7) is 3.08. The van der Waals surface area contributed by atoms with Crippen LogP contribution in [0.5, 0.6) is 0 Å². The van der Waals surface area contributed by atoms with Gasteiger partial charge >= 0.3 is 0 Å². The van der Waals surface area contributed by atoms with Gasteiger partial charge in [0.05, 0.1) is 5.69 Å². The van der Waals surface area contributed by atoms with Gasteiger partial charge in [-0.2, -0.15) is 5.26 Å². The van der Waals surface area contributed by atoms with Crippen molar-refractivity contribution in [3.05, 3.63) is 87.8 Å². The fourth-order valence-corrected chi connectivity index (χ4v) is 4.99. The second-order valence-electron chi connectivity index (χ2n) is 7.35. The number of nitriles is 1. The van der Waals surface area contributed by atoms with E-state index in [1.807, 2.05) is 35.7 Å². The quantitative estimate of drug-likeness (QED) is 0.253. The first-order chi connectivity index (χ1) is 15.7. The molecule has 0 bridgehead atoms. The molecule has 5 rings (SSSR count). The average Bonchev–Trinajstić information content (AvgIpc) is 3.43. The first-order valence-electron chi connectivity index (χ1n) is 10.3. The molecule has 5 aromatic rings. The van der Waals surface area contributed by atoms with E-state index in [2.05, 4.69) is 80.2 Å². The fraction of sp³-hybridized carbons (Fsp3) is 0.0769. The van der Waals surface area contributed by atoms with Crippen LogP contribution in [0.3, 0.4) is 0 Å². The van der Waals surface area contributed by atoms with Gasteiger partial charge in [0.1, 0.15) is 16.6 Å². The van der Waals surface area contributed by atoms with Gasteiger partial charge in [0.25, 0.3) is 0 Å². The number of hydrogen-bond acceptors (Lipinski definition) is 4. The minimum Gasteiger partial charge on any atom is -0.360 e. The third kappa shape index (κ3) is 3.70. The van der Waals surface area contributed by atoms with Gasteiger partial charge in [-0.25, -0.2) is 4.98 Å². The molecule has 0 amide bonds. The summed E-state index contributed by atoms with van der Waals surface area (Å²) in [7, 11) is 0. The summed E-state index contributed by atoms with van der Waals surface area (Å²) in [6.07, 6.45) is 1.74. The first-order valence-corrected chi connectivity index (χ1v) is 11.9. The van der Waals surface area contributed by atoms with E-state index in [-0.39, 0.29) is 0 Å². The van der Waals surface area contributed by atoms with Crippen molar-refractivity contribution in [2.75, 3.05) is 5.32 Å². The highest BCUT2D eigenvalue weighted by Crippen LogP contribution is 2.31. The maximum absolute atomic E-state index is 9.72. The molecule has 0 aliphatic heterocycles. The number of halogens is 1. The number of anilines is 1. The third-order valence-corrected chi connectivity index (χ3v) is 6.87. The molecule has 1 N–H and O–H groups in total. The molecule has 32 heavy (non-hydrogen) atoms. The Labute approximate surface area is 198 Å². The van der Waals surface area contributed by atoms with Crippen molar-refractivity contribution >= 4 is 60.3 Å². The van der Waals surface area contributed by atoms with Crippen LogP contribution in [0, 0.1) is 11.3 Å². The maximum Gasteiger partial charge on any atom is 0.136 e. The number of para-hydroxylation sites is 1. The number of aromatic nitrogens is 2. The second kappa shape index (κ2) is 8.62. The minimum atomic E-state index is 0.509. The van der Waals surface area contributed by atoms with Crippen LogP contribution < -0.4 is 5.32 Å². The van der Waals surface area contributed by atoms with E-state index in [4.69, 9.17) is 0 Å². The van der Waals surface area contributed by atoms with Gasteiger partial charge in [0, 0.05) is 55.7 Å². The Morgan fingerprint density at radius 1 is 1.09 bits per heavy atom. The zero-order chi connectivity index (χ0) is 22.1. The number of nitrogens with one attached hydrogen (secondary N) is 1. The summed E-state index contributed by atoms with van der Waals surface area (Å²) in [6, 6.07) is 25.1. The van der Waals surface area contributed by atoms with Crippen molar-refractivity contribution in [3.8, 4) is 17.3 Å². The summed E-state index contributed by atoms with van der Waals surface area (Å²) >= 11 is 4.92. The van der Waals surface area contributed by atoms with Crippen molar-refractivity contribution in [1.82, 2.24) is 9.55 Å². The molecule has 6 heteroatoms. The average molecular weight is 499 g/mol. The van der Waals surface area contributed by atoms with Gasteiger partial charge in [0.15, 0.2) is 0 Å². The molecule has 0 spiro atoms. The van der Waals surface area contributed by atoms with Gasteiger partial charge in [-0.15, -0.1) is 11.3 Å². The van der Waals surface area contributed by atoms with Crippen molar-refractivity contribution in [2.45, 2.75) is 13.5 Å². The highest BCUT2D eigenvalue weighted by Gasteiger charge is 2.11. The van der Waals surface area contributed by atoms with Crippen molar-refractivity contribution in [1.29, 1.82) is 5.26 Å². The number of benzene rings is 3. The standard InChI is InChI=1S/C26H19BrN4S/c1-2-31-24-6-4-3-5-21(24)22-13-20(11-12-25(22)31)29-15-18(14-28)26-30-23(16-32-26)17-7-9-19(27)10-8-17/h3-13,15-16,29H,2H2,1H3/b18-15+. The molecule has 0 radical (unpaired) electrons. The lowest BCUT2D eigenvalue weighted by atomic mass is 10.1. The largest absolute Gasteiger partial charge is 0.360 e. The van der Waals surface area contributed by atoms with E-state index < -0.39 is 0 Å². The lowest BCUT2D eigenvalue weighted by Gasteiger charge is -2.05. The number of fused-ring (bicyclic) bond motifs is 3. The smallest absolute Gasteiger partial charge is 0.136 e. The van der Waals surface area contributed by atoms with Crippen LogP contribution in [0.4, 0.5) is 5.69 Å². The van der Waals surface area contributed by atoms with Gasteiger partial charge in [-0.05, 0) is 43.3 Å².